The molecule has 0 fully saturated rings. The van der Waals surface area contributed by atoms with Crippen LogP contribution in [0, 0.1) is 0 Å². The lowest BCUT2D eigenvalue weighted by Crippen LogP contribution is -2.30. The Balaban J connectivity index is 1.85. The highest BCUT2D eigenvalue weighted by Gasteiger charge is 2.30. The minimum absolute atomic E-state index is 0.0206. The third kappa shape index (κ3) is 2.36. The molecule has 0 spiro atoms. The number of hydrogen-bond acceptors (Lipinski definition) is 2. The fourth-order valence-corrected chi connectivity index (χ4v) is 2.70. The van der Waals surface area contributed by atoms with Crippen molar-refractivity contribution in [3.8, 4) is 5.75 Å². The van der Waals surface area contributed by atoms with Gasteiger partial charge in [0, 0.05) is 17.9 Å². The van der Waals surface area contributed by atoms with Crippen molar-refractivity contribution in [2.24, 2.45) is 0 Å². The van der Waals surface area contributed by atoms with Gasteiger partial charge in [0.05, 0.1) is 6.10 Å². The van der Waals surface area contributed by atoms with E-state index in [1.165, 1.54) is 5.56 Å². The Morgan fingerprint density at radius 3 is 2.53 bits per heavy atom. The van der Waals surface area contributed by atoms with Gasteiger partial charge in [-0.2, -0.15) is 0 Å². The maximum absolute atomic E-state index is 10.2. The standard InChI is InChI=1S/C17H18O2/c1-12(13-7-3-2-4-8-13)17-11-15(18)14-9-5-6-10-16(14)19-17/h2-10,12,15,17-18H,11H2,1H3/t12?,15-,17?/m1/s1. The van der Waals surface area contributed by atoms with Crippen LogP contribution >= 0.6 is 0 Å². The van der Waals surface area contributed by atoms with Gasteiger partial charge >= 0.3 is 0 Å². The van der Waals surface area contributed by atoms with Crippen LogP contribution in [0.2, 0.25) is 0 Å². The van der Waals surface area contributed by atoms with Crippen molar-refractivity contribution >= 4 is 0 Å². The lowest BCUT2D eigenvalue weighted by Gasteiger charge is -2.33. The summed E-state index contributed by atoms with van der Waals surface area (Å²) >= 11 is 0. The summed E-state index contributed by atoms with van der Waals surface area (Å²) in [6.45, 7) is 2.15. The van der Waals surface area contributed by atoms with Gasteiger partial charge in [-0.15, -0.1) is 0 Å². The molecule has 1 aliphatic rings. The van der Waals surface area contributed by atoms with Crippen LogP contribution in [0.3, 0.4) is 0 Å². The molecule has 0 aromatic heterocycles. The van der Waals surface area contributed by atoms with Crippen LogP contribution < -0.4 is 4.74 Å². The molecule has 0 bridgehead atoms. The van der Waals surface area contributed by atoms with E-state index < -0.39 is 6.10 Å². The smallest absolute Gasteiger partial charge is 0.125 e. The monoisotopic (exact) mass is 254 g/mol. The Kier molecular flexibility index (Phi) is 3.26. The summed E-state index contributed by atoms with van der Waals surface area (Å²) in [5, 5.41) is 10.2. The SMILES string of the molecule is CC(c1ccccc1)C1C[C@@H](O)c2ccccc2O1. The first-order valence-electron chi connectivity index (χ1n) is 6.74. The molecule has 2 nitrogen and oxygen atoms in total. The van der Waals surface area contributed by atoms with Crippen molar-refractivity contribution < 1.29 is 9.84 Å². The number of para-hydroxylation sites is 1. The van der Waals surface area contributed by atoms with Crippen molar-refractivity contribution in [3.63, 3.8) is 0 Å². The Hall–Kier alpha value is -1.80. The number of ether oxygens (including phenoxy) is 1. The van der Waals surface area contributed by atoms with Crippen LogP contribution in [0.1, 0.15) is 36.5 Å². The summed E-state index contributed by atoms with van der Waals surface area (Å²) in [6.07, 6.45) is 0.237. The first-order valence-corrected chi connectivity index (χ1v) is 6.74. The predicted octanol–water partition coefficient (Wildman–Crippen LogP) is 3.67. The Morgan fingerprint density at radius 1 is 1.05 bits per heavy atom. The Labute approximate surface area is 113 Å². The van der Waals surface area contributed by atoms with Gasteiger partial charge in [-0.1, -0.05) is 55.5 Å². The van der Waals surface area contributed by atoms with E-state index in [9.17, 15) is 5.11 Å². The van der Waals surface area contributed by atoms with Crippen LogP contribution in [0.25, 0.3) is 0 Å². The zero-order valence-corrected chi connectivity index (χ0v) is 11.0. The number of fused-ring (bicyclic) bond motifs is 1. The van der Waals surface area contributed by atoms with Gasteiger partial charge in [-0.05, 0) is 11.6 Å². The first kappa shape index (κ1) is 12.2. The van der Waals surface area contributed by atoms with Crippen LogP contribution in [0.15, 0.2) is 54.6 Å². The van der Waals surface area contributed by atoms with Gasteiger partial charge in [0.2, 0.25) is 0 Å². The van der Waals surface area contributed by atoms with Gasteiger partial charge < -0.3 is 9.84 Å². The van der Waals surface area contributed by atoms with E-state index in [0.29, 0.717) is 6.42 Å². The minimum Gasteiger partial charge on any atom is -0.489 e. The summed E-state index contributed by atoms with van der Waals surface area (Å²) in [7, 11) is 0. The molecule has 98 valence electrons. The molecule has 2 aromatic rings. The van der Waals surface area contributed by atoms with Crippen molar-refractivity contribution in [1.82, 2.24) is 0 Å². The maximum Gasteiger partial charge on any atom is 0.125 e. The summed E-state index contributed by atoms with van der Waals surface area (Å²) < 4.78 is 6.06. The third-order valence-electron chi connectivity index (χ3n) is 3.89. The van der Waals surface area contributed by atoms with Crippen LogP contribution in [-0.2, 0) is 0 Å². The van der Waals surface area contributed by atoms with Crippen LogP contribution in [0.4, 0.5) is 0 Å². The number of rotatable bonds is 2. The highest BCUT2D eigenvalue weighted by molar-refractivity contribution is 5.37. The average molecular weight is 254 g/mol. The summed E-state index contributed by atoms with van der Waals surface area (Å²) in [5.41, 5.74) is 2.15. The molecular weight excluding hydrogens is 236 g/mol. The van der Waals surface area contributed by atoms with E-state index in [1.54, 1.807) is 0 Å². The van der Waals surface area contributed by atoms with Crippen LogP contribution in [-0.4, -0.2) is 11.2 Å². The van der Waals surface area contributed by atoms with E-state index in [2.05, 4.69) is 19.1 Å². The molecule has 1 aliphatic heterocycles. The highest BCUT2D eigenvalue weighted by Crippen LogP contribution is 2.38. The second-order valence-corrected chi connectivity index (χ2v) is 5.14. The zero-order valence-electron chi connectivity index (χ0n) is 11.0. The third-order valence-corrected chi connectivity index (χ3v) is 3.89. The molecule has 0 amide bonds. The van der Waals surface area contributed by atoms with E-state index in [1.807, 2.05) is 42.5 Å². The number of aliphatic hydroxyl groups is 1. The molecule has 0 aliphatic carbocycles. The molecule has 1 heterocycles. The van der Waals surface area contributed by atoms with E-state index in [0.717, 1.165) is 11.3 Å². The van der Waals surface area contributed by atoms with Crippen molar-refractivity contribution in [2.75, 3.05) is 0 Å². The fraction of sp³-hybridized carbons (Fsp3) is 0.294. The largest absolute Gasteiger partial charge is 0.489 e. The normalized spacial score (nSPS) is 23.3. The number of aliphatic hydroxyl groups excluding tert-OH is 1. The molecule has 2 aromatic carbocycles. The average Bonchev–Trinajstić information content (AvgIpc) is 2.47. The molecule has 2 heteroatoms. The fourth-order valence-electron chi connectivity index (χ4n) is 2.70. The van der Waals surface area contributed by atoms with Gasteiger partial charge in [0.15, 0.2) is 0 Å². The topological polar surface area (TPSA) is 29.5 Å². The minimum atomic E-state index is -0.430. The second kappa shape index (κ2) is 5.06. The van der Waals surface area contributed by atoms with Crippen molar-refractivity contribution in [2.45, 2.75) is 31.5 Å². The lowest BCUT2D eigenvalue weighted by molar-refractivity contribution is 0.0546. The Morgan fingerprint density at radius 2 is 1.74 bits per heavy atom. The van der Waals surface area contributed by atoms with E-state index in [4.69, 9.17) is 4.74 Å². The first-order chi connectivity index (χ1) is 9.25. The molecule has 3 rings (SSSR count). The lowest BCUT2D eigenvalue weighted by atomic mass is 9.88. The zero-order chi connectivity index (χ0) is 13.2. The summed E-state index contributed by atoms with van der Waals surface area (Å²) in [4.78, 5) is 0. The van der Waals surface area contributed by atoms with Gasteiger partial charge in [0.1, 0.15) is 11.9 Å². The van der Waals surface area contributed by atoms with Crippen molar-refractivity contribution in [1.29, 1.82) is 0 Å². The highest BCUT2D eigenvalue weighted by atomic mass is 16.5. The molecule has 1 N–H and O–H groups in total. The van der Waals surface area contributed by atoms with Gasteiger partial charge in [-0.25, -0.2) is 0 Å². The molecular formula is C17H18O2. The number of benzene rings is 2. The van der Waals surface area contributed by atoms with E-state index in [-0.39, 0.29) is 12.0 Å². The molecule has 0 radical (unpaired) electrons. The van der Waals surface area contributed by atoms with Gasteiger partial charge in [0.25, 0.3) is 0 Å². The molecule has 2 unspecified atom stereocenters. The quantitative estimate of drug-likeness (QED) is 0.886. The van der Waals surface area contributed by atoms with E-state index >= 15 is 0 Å². The maximum atomic E-state index is 10.2. The summed E-state index contributed by atoms with van der Waals surface area (Å²) in [6, 6.07) is 18.1. The predicted molar refractivity (Wildman–Crippen MR) is 75.3 cm³/mol. The number of hydrogen-bond donors (Lipinski definition) is 1. The summed E-state index contributed by atoms with van der Waals surface area (Å²) in [5.74, 6) is 1.08. The molecule has 0 saturated heterocycles. The molecule has 0 saturated carbocycles. The van der Waals surface area contributed by atoms with Gasteiger partial charge in [-0.3, -0.25) is 0 Å². The van der Waals surface area contributed by atoms with Crippen LogP contribution in [0.5, 0.6) is 5.75 Å². The van der Waals surface area contributed by atoms with Crippen molar-refractivity contribution in [3.05, 3.63) is 65.7 Å². The second-order valence-electron chi connectivity index (χ2n) is 5.14. The Bertz CT molecular complexity index is 550. The molecule has 3 atom stereocenters. The molecule has 19 heavy (non-hydrogen) atoms.